The molecule has 1 fully saturated rings. The van der Waals surface area contributed by atoms with Gasteiger partial charge >= 0.3 is 0 Å². The molecule has 2 amide bonds. The third-order valence-electron chi connectivity index (χ3n) is 3.22. The highest BCUT2D eigenvalue weighted by Gasteiger charge is 2.21. The molecule has 18 heavy (non-hydrogen) atoms. The maximum absolute atomic E-state index is 12.1. The molecule has 1 aromatic carbocycles. The Morgan fingerprint density at radius 1 is 1.39 bits per heavy atom. The number of aryl methyl sites for hydroxylation is 2. The Bertz CT molecular complexity index is 483. The van der Waals surface area contributed by atoms with Gasteiger partial charge in [0.1, 0.15) is 0 Å². The topological polar surface area (TPSA) is 58.2 Å². The maximum Gasteiger partial charge on any atom is 0.251 e. The monoisotopic (exact) mass is 246 g/mol. The number of hydrogen-bond donors (Lipinski definition) is 2. The molecule has 1 heterocycles. The van der Waals surface area contributed by atoms with E-state index in [9.17, 15) is 9.59 Å². The van der Waals surface area contributed by atoms with E-state index in [-0.39, 0.29) is 17.9 Å². The smallest absolute Gasteiger partial charge is 0.251 e. The van der Waals surface area contributed by atoms with Crippen LogP contribution in [0.1, 0.15) is 34.3 Å². The highest BCUT2D eigenvalue weighted by atomic mass is 16.2. The molecule has 4 nitrogen and oxygen atoms in total. The van der Waals surface area contributed by atoms with E-state index in [4.69, 9.17) is 0 Å². The van der Waals surface area contributed by atoms with Gasteiger partial charge in [0.2, 0.25) is 5.91 Å². The van der Waals surface area contributed by atoms with Crippen molar-refractivity contribution in [2.24, 2.45) is 0 Å². The average molecular weight is 246 g/mol. The molecule has 0 aromatic heterocycles. The van der Waals surface area contributed by atoms with Crippen LogP contribution in [0.5, 0.6) is 0 Å². The lowest BCUT2D eigenvalue weighted by atomic mass is 10.0. The van der Waals surface area contributed by atoms with Gasteiger partial charge in [-0.15, -0.1) is 0 Å². The Hall–Kier alpha value is -1.84. The van der Waals surface area contributed by atoms with Crippen molar-refractivity contribution >= 4 is 11.8 Å². The molecule has 4 heteroatoms. The number of hydrogen-bond acceptors (Lipinski definition) is 2. The van der Waals surface area contributed by atoms with Gasteiger partial charge in [-0.2, -0.15) is 0 Å². The van der Waals surface area contributed by atoms with Gasteiger partial charge in [0.05, 0.1) is 0 Å². The fraction of sp³-hybridized carbons (Fsp3) is 0.429. The summed E-state index contributed by atoms with van der Waals surface area (Å²) in [7, 11) is 0. The second-order valence-electron chi connectivity index (χ2n) is 4.83. The van der Waals surface area contributed by atoms with Gasteiger partial charge in [-0.1, -0.05) is 17.7 Å². The minimum absolute atomic E-state index is 0.00696. The molecule has 2 N–H and O–H groups in total. The highest BCUT2D eigenvalue weighted by molar-refractivity contribution is 5.96. The Kier molecular flexibility index (Phi) is 3.65. The molecule has 0 aliphatic carbocycles. The van der Waals surface area contributed by atoms with Gasteiger partial charge in [0.15, 0.2) is 0 Å². The minimum Gasteiger partial charge on any atom is -0.356 e. The van der Waals surface area contributed by atoms with Crippen LogP contribution in [-0.4, -0.2) is 24.4 Å². The lowest BCUT2D eigenvalue weighted by molar-refractivity contribution is -0.122. The average Bonchev–Trinajstić information content (AvgIpc) is 2.32. The fourth-order valence-corrected chi connectivity index (χ4v) is 2.15. The van der Waals surface area contributed by atoms with Gasteiger partial charge in [0, 0.05) is 24.6 Å². The Balaban J connectivity index is 2.07. The van der Waals surface area contributed by atoms with Crippen LogP contribution < -0.4 is 10.6 Å². The third kappa shape index (κ3) is 2.88. The summed E-state index contributed by atoms with van der Waals surface area (Å²) < 4.78 is 0. The van der Waals surface area contributed by atoms with Crippen LogP contribution in [-0.2, 0) is 4.79 Å². The van der Waals surface area contributed by atoms with Gasteiger partial charge in [-0.3, -0.25) is 9.59 Å². The summed E-state index contributed by atoms with van der Waals surface area (Å²) >= 11 is 0. The zero-order valence-corrected chi connectivity index (χ0v) is 10.7. The van der Waals surface area contributed by atoms with Crippen molar-refractivity contribution in [3.63, 3.8) is 0 Å². The molecular formula is C14H18N2O2. The van der Waals surface area contributed by atoms with E-state index in [1.54, 1.807) is 0 Å². The molecule has 0 saturated carbocycles. The van der Waals surface area contributed by atoms with Crippen LogP contribution in [0.2, 0.25) is 0 Å². The number of carbonyl (C=O) groups excluding carboxylic acids is 2. The maximum atomic E-state index is 12.1. The molecule has 1 saturated heterocycles. The van der Waals surface area contributed by atoms with E-state index in [0.29, 0.717) is 18.5 Å². The number of amides is 2. The molecule has 1 atom stereocenters. The molecular weight excluding hydrogens is 228 g/mol. The highest BCUT2D eigenvalue weighted by Crippen LogP contribution is 2.12. The summed E-state index contributed by atoms with van der Waals surface area (Å²) in [5.41, 5.74) is 2.71. The van der Waals surface area contributed by atoms with Gasteiger partial charge in [0.25, 0.3) is 5.91 Å². The molecule has 1 unspecified atom stereocenters. The number of rotatable bonds is 2. The van der Waals surface area contributed by atoms with Crippen molar-refractivity contribution in [1.29, 1.82) is 0 Å². The number of benzene rings is 1. The Labute approximate surface area is 107 Å². The summed E-state index contributed by atoms with van der Waals surface area (Å²) in [5, 5.41) is 5.69. The second kappa shape index (κ2) is 5.21. The molecule has 2 rings (SSSR count). The zero-order valence-electron chi connectivity index (χ0n) is 10.7. The molecule has 0 radical (unpaired) electrons. The predicted octanol–water partition coefficient (Wildman–Crippen LogP) is 1.31. The van der Waals surface area contributed by atoms with E-state index in [0.717, 1.165) is 17.5 Å². The molecule has 96 valence electrons. The van der Waals surface area contributed by atoms with E-state index < -0.39 is 0 Å². The van der Waals surface area contributed by atoms with Crippen LogP contribution in [0.3, 0.4) is 0 Å². The SMILES string of the molecule is Cc1ccc(C)c(C(=O)NC2CCNC(=O)C2)c1. The number of carbonyl (C=O) groups is 2. The first-order valence-corrected chi connectivity index (χ1v) is 6.21. The van der Waals surface area contributed by atoms with Crippen molar-refractivity contribution < 1.29 is 9.59 Å². The lowest BCUT2D eigenvalue weighted by Crippen LogP contribution is -2.45. The normalized spacial score (nSPS) is 19.2. The molecule has 1 aromatic rings. The van der Waals surface area contributed by atoms with E-state index in [1.807, 2.05) is 32.0 Å². The summed E-state index contributed by atoms with van der Waals surface area (Å²) in [4.78, 5) is 23.4. The first-order chi connectivity index (χ1) is 8.56. The molecule has 1 aliphatic rings. The third-order valence-corrected chi connectivity index (χ3v) is 3.22. The van der Waals surface area contributed by atoms with Crippen molar-refractivity contribution in [2.75, 3.05) is 6.54 Å². The quantitative estimate of drug-likeness (QED) is 0.826. The van der Waals surface area contributed by atoms with Gasteiger partial charge in [-0.05, 0) is 31.9 Å². The first kappa shape index (κ1) is 12.6. The summed E-state index contributed by atoms with van der Waals surface area (Å²) in [6, 6.07) is 5.76. The summed E-state index contributed by atoms with van der Waals surface area (Å²) in [6.07, 6.45) is 1.17. The van der Waals surface area contributed by atoms with E-state index in [1.165, 1.54) is 0 Å². The lowest BCUT2D eigenvalue weighted by Gasteiger charge is -2.23. The van der Waals surface area contributed by atoms with Gasteiger partial charge < -0.3 is 10.6 Å². The van der Waals surface area contributed by atoms with Crippen molar-refractivity contribution in [3.05, 3.63) is 34.9 Å². The van der Waals surface area contributed by atoms with Crippen LogP contribution in [0.25, 0.3) is 0 Å². The summed E-state index contributed by atoms with van der Waals surface area (Å²) in [6.45, 7) is 4.52. The van der Waals surface area contributed by atoms with Crippen LogP contribution >= 0.6 is 0 Å². The zero-order chi connectivity index (χ0) is 13.1. The van der Waals surface area contributed by atoms with Gasteiger partial charge in [-0.25, -0.2) is 0 Å². The second-order valence-corrected chi connectivity index (χ2v) is 4.83. The largest absolute Gasteiger partial charge is 0.356 e. The van der Waals surface area contributed by atoms with Crippen LogP contribution in [0.4, 0.5) is 0 Å². The first-order valence-electron chi connectivity index (χ1n) is 6.21. The fourth-order valence-electron chi connectivity index (χ4n) is 2.15. The minimum atomic E-state index is -0.0871. The molecule has 0 bridgehead atoms. The van der Waals surface area contributed by atoms with Crippen molar-refractivity contribution in [3.8, 4) is 0 Å². The molecule has 1 aliphatic heterocycles. The Morgan fingerprint density at radius 3 is 2.89 bits per heavy atom. The van der Waals surface area contributed by atoms with E-state index >= 15 is 0 Å². The predicted molar refractivity (Wildman–Crippen MR) is 69.4 cm³/mol. The standard InChI is InChI=1S/C14H18N2O2/c1-9-3-4-10(2)12(7-9)14(18)16-11-5-6-15-13(17)8-11/h3-4,7,11H,5-6,8H2,1-2H3,(H,15,17)(H,16,18). The van der Waals surface area contributed by atoms with E-state index in [2.05, 4.69) is 10.6 Å². The molecule has 0 spiro atoms. The van der Waals surface area contributed by atoms with Crippen molar-refractivity contribution in [1.82, 2.24) is 10.6 Å². The summed E-state index contributed by atoms with van der Waals surface area (Å²) in [5.74, 6) is -0.0802. The number of piperidine rings is 1. The number of nitrogens with one attached hydrogen (secondary N) is 2. The van der Waals surface area contributed by atoms with Crippen LogP contribution in [0.15, 0.2) is 18.2 Å². The van der Waals surface area contributed by atoms with Crippen LogP contribution in [0, 0.1) is 13.8 Å². The van der Waals surface area contributed by atoms with Crippen molar-refractivity contribution in [2.45, 2.75) is 32.7 Å². The Morgan fingerprint density at radius 2 is 2.17 bits per heavy atom.